The van der Waals surface area contributed by atoms with E-state index in [1.54, 1.807) is 7.11 Å². The van der Waals surface area contributed by atoms with Gasteiger partial charge in [-0.25, -0.2) is 0 Å². The van der Waals surface area contributed by atoms with Crippen LogP contribution in [0.2, 0.25) is 0 Å². The molecule has 0 saturated heterocycles. The highest BCUT2D eigenvalue weighted by Crippen LogP contribution is 2.27. The van der Waals surface area contributed by atoms with E-state index in [1.165, 1.54) is 0 Å². The lowest BCUT2D eigenvalue weighted by molar-refractivity contribution is 0.192. The zero-order chi connectivity index (χ0) is 13.5. The molecule has 0 bridgehead atoms. The molecule has 5 nitrogen and oxygen atoms in total. The van der Waals surface area contributed by atoms with Crippen LogP contribution in [0.1, 0.15) is 44.7 Å². The van der Waals surface area contributed by atoms with Gasteiger partial charge in [0.05, 0.1) is 11.4 Å². The fraction of sp³-hybridized carbons (Fsp3) is 0.769. The molecule has 1 aromatic rings. The van der Waals surface area contributed by atoms with Crippen molar-refractivity contribution >= 4 is 11.5 Å². The zero-order valence-electron chi connectivity index (χ0n) is 12.0. The molecule has 0 atom stereocenters. The van der Waals surface area contributed by atoms with Gasteiger partial charge in [-0.15, -0.1) is 0 Å². The predicted molar refractivity (Wildman–Crippen MR) is 75.9 cm³/mol. The summed E-state index contributed by atoms with van der Waals surface area (Å²) in [6.45, 7) is 5.97. The molecular weight excluding hydrogens is 228 g/mol. The van der Waals surface area contributed by atoms with Crippen LogP contribution in [0.15, 0.2) is 0 Å². The normalized spacial score (nSPS) is 11.2. The van der Waals surface area contributed by atoms with Crippen LogP contribution < -0.4 is 11.1 Å². The molecule has 0 aliphatic heterocycles. The first-order chi connectivity index (χ1) is 8.57. The summed E-state index contributed by atoms with van der Waals surface area (Å²) in [7, 11) is 3.66. The van der Waals surface area contributed by atoms with E-state index in [2.05, 4.69) is 24.3 Å². The fourth-order valence-electron chi connectivity index (χ4n) is 1.95. The molecule has 1 rings (SSSR count). The Morgan fingerprint density at radius 3 is 2.61 bits per heavy atom. The molecule has 0 aliphatic carbocycles. The monoisotopic (exact) mass is 254 g/mol. The van der Waals surface area contributed by atoms with Crippen molar-refractivity contribution in [2.45, 2.75) is 39.0 Å². The van der Waals surface area contributed by atoms with E-state index in [1.807, 2.05) is 11.7 Å². The van der Waals surface area contributed by atoms with E-state index in [0.717, 1.165) is 49.6 Å². The molecule has 0 saturated carbocycles. The molecule has 18 heavy (non-hydrogen) atoms. The lowest BCUT2D eigenvalue weighted by atomic mass is 10.1. The van der Waals surface area contributed by atoms with Gasteiger partial charge in [-0.05, 0) is 25.2 Å². The number of unbranched alkanes of at least 4 members (excludes halogenated alkanes) is 2. The second-order valence-electron chi connectivity index (χ2n) is 4.91. The fourth-order valence-corrected chi connectivity index (χ4v) is 1.95. The molecule has 1 aromatic heterocycles. The molecule has 3 N–H and O–H groups in total. The van der Waals surface area contributed by atoms with Crippen molar-refractivity contribution in [2.24, 2.45) is 7.05 Å². The standard InChI is InChI=1S/C13H26N4O/c1-10(2)12-11(14)13(17(3)16-12)15-8-6-5-7-9-18-4/h10,15H,5-9,14H2,1-4H3. The molecule has 0 radical (unpaired) electrons. The topological polar surface area (TPSA) is 65.1 Å². The van der Waals surface area contributed by atoms with Crippen molar-refractivity contribution in [3.63, 3.8) is 0 Å². The minimum Gasteiger partial charge on any atom is -0.394 e. The number of hydrogen-bond acceptors (Lipinski definition) is 4. The summed E-state index contributed by atoms with van der Waals surface area (Å²) in [4.78, 5) is 0. The van der Waals surface area contributed by atoms with Crippen molar-refractivity contribution in [3.8, 4) is 0 Å². The number of nitrogens with two attached hydrogens (primary N) is 1. The van der Waals surface area contributed by atoms with Gasteiger partial charge in [0.1, 0.15) is 5.82 Å². The number of aryl methyl sites for hydroxylation is 1. The highest BCUT2D eigenvalue weighted by atomic mass is 16.5. The van der Waals surface area contributed by atoms with Crippen LogP contribution in [0, 0.1) is 0 Å². The third kappa shape index (κ3) is 3.91. The average Bonchev–Trinajstić information content (AvgIpc) is 2.60. The Morgan fingerprint density at radius 2 is 2.06 bits per heavy atom. The highest BCUT2D eigenvalue weighted by molar-refractivity contribution is 5.65. The maximum Gasteiger partial charge on any atom is 0.147 e. The Bertz CT molecular complexity index is 360. The summed E-state index contributed by atoms with van der Waals surface area (Å²) >= 11 is 0. The Hall–Kier alpha value is -1.23. The van der Waals surface area contributed by atoms with Crippen LogP contribution in [-0.2, 0) is 11.8 Å². The first-order valence-electron chi connectivity index (χ1n) is 6.63. The van der Waals surface area contributed by atoms with E-state index in [-0.39, 0.29) is 0 Å². The van der Waals surface area contributed by atoms with E-state index in [9.17, 15) is 0 Å². The number of hydrogen-bond donors (Lipinski definition) is 2. The quantitative estimate of drug-likeness (QED) is 0.699. The summed E-state index contributed by atoms with van der Waals surface area (Å²) in [5.74, 6) is 1.29. The predicted octanol–water partition coefficient (Wildman–Crippen LogP) is 2.35. The number of nitrogens with zero attached hydrogens (tertiary/aromatic N) is 2. The molecule has 1 heterocycles. The Kier molecular flexibility index (Phi) is 5.98. The molecule has 5 heteroatoms. The summed E-state index contributed by atoms with van der Waals surface area (Å²) in [6, 6.07) is 0. The lowest BCUT2D eigenvalue weighted by Gasteiger charge is -2.07. The Labute approximate surface area is 110 Å². The minimum atomic E-state index is 0.355. The van der Waals surface area contributed by atoms with Crippen molar-refractivity contribution in [1.29, 1.82) is 0 Å². The van der Waals surface area contributed by atoms with E-state index in [0.29, 0.717) is 5.92 Å². The number of nitrogens with one attached hydrogen (secondary N) is 1. The average molecular weight is 254 g/mol. The summed E-state index contributed by atoms with van der Waals surface area (Å²) in [5.41, 5.74) is 7.86. The molecule has 0 unspecified atom stereocenters. The van der Waals surface area contributed by atoms with Crippen molar-refractivity contribution in [3.05, 3.63) is 5.69 Å². The number of ether oxygens (including phenoxy) is 1. The minimum absolute atomic E-state index is 0.355. The second kappa shape index (κ2) is 7.26. The largest absolute Gasteiger partial charge is 0.394 e. The van der Waals surface area contributed by atoms with Crippen LogP contribution in [0.4, 0.5) is 11.5 Å². The van der Waals surface area contributed by atoms with Crippen LogP contribution in [0.5, 0.6) is 0 Å². The highest BCUT2D eigenvalue weighted by Gasteiger charge is 2.15. The van der Waals surface area contributed by atoms with Gasteiger partial charge in [-0.2, -0.15) is 5.10 Å². The van der Waals surface area contributed by atoms with Gasteiger partial charge in [-0.1, -0.05) is 13.8 Å². The lowest BCUT2D eigenvalue weighted by Crippen LogP contribution is -2.08. The van der Waals surface area contributed by atoms with Gasteiger partial charge in [0, 0.05) is 27.3 Å². The van der Waals surface area contributed by atoms with Gasteiger partial charge in [0.2, 0.25) is 0 Å². The summed E-state index contributed by atoms with van der Waals surface area (Å²) in [5, 5.41) is 7.82. The van der Waals surface area contributed by atoms with Gasteiger partial charge < -0.3 is 15.8 Å². The van der Waals surface area contributed by atoms with Gasteiger partial charge in [0.15, 0.2) is 0 Å². The molecule has 0 aromatic carbocycles. The molecule has 0 spiro atoms. The van der Waals surface area contributed by atoms with Gasteiger partial charge in [0.25, 0.3) is 0 Å². The number of rotatable bonds is 8. The summed E-state index contributed by atoms with van der Waals surface area (Å²) in [6.07, 6.45) is 3.39. The Balaban J connectivity index is 2.42. The van der Waals surface area contributed by atoms with E-state index >= 15 is 0 Å². The van der Waals surface area contributed by atoms with Crippen LogP contribution in [-0.4, -0.2) is 30.0 Å². The third-order valence-corrected chi connectivity index (χ3v) is 2.98. The molecule has 0 amide bonds. The number of aromatic nitrogens is 2. The SMILES string of the molecule is COCCCCCNc1c(N)c(C(C)C)nn1C. The van der Waals surface area contributed by atoms with Gasteiger partial charge in [-0.3, -0.25) is 4.68 Å². The number of methoxy groups -OCH3 is 1. The second-order valence-corrected chi connectivity index (χ2v) is 4.91. The van der Waals surface area contributed by atoms with Crippen molar-refractivity contribution < 1.29 is 4.74 Å². The maximum atomic E-state index is 6.10. The Morgan fingerprint density at radius 1 is 1.33 bits per heavy atom. The number of anilines is 2. The molecular formula is C13H26N4O. The van der Waals surface area contributed by atoms with Crippen molar-refractivity contribution in [2.75, 3.05) is 31.3 Å². The molecule has 0 fully saturated rings. The number of nitrogen functional groups attached to an aromatic ring is 1. The third-order valence-electron chi connectivity index (χ3n) is 2.98. The first kappa shape index (κ1) is 14.8. The molecule has 0 aliphatic rings. The van der Waals surface area contributed by atoms with Gasteiger partial charge >= 0.3 is 0 Å². The summed E-state index contributed by atoms with van der Waals surface area (Å²) < 4.78 is 6.85. The van der Waals surface area contributed by atoms with E-state index < -0.39 is 0 Å². The van der Waals surface area contributed by atoms with Crippen LogP contribution >= 0.6 is 0 Å². The first-order valence-corrected chi connectivity index (χ1v) is 6.63. The van der Waals surface area contributed by atoms with Crippen LogP contribution in [0.25, 0.3) is 0 Å². The zero-order valence-corrected chi connectivity index (χ0v) is 12.0. The van der Waals surface area contributed by atoms with Crippen molar-refractivity contribution in [1.82, 2.24) is 9.78 Å². The molecule has 104 valence electrons. The van der Waals surface area contributed by atoms with E-state index in [4.69, 9.17) is 10.5 Å². The maximum absolute atomic E-state index is 6.10. The smallest absolute Gasteiger partial charge is 0.147 e. The van der Waals surface area contributed by atoms with Crippen LogP contribution in [0.3, 0.4) is 0 Å².